The molecule has 1 aliphatic heterocycles. The zero-order chi connectivity index (χ0) is 13.2. The molecule has 1 aliphatic rings. The van der Waals surface area contributed by atoms with E-state index in [1.807, 2.05) is 6.92 Å². The number of nitrogens with zero attached hydrogens (tertiary/aromatic N) is 2. The van der Waals surface area contributed by atoms with Crippen molar-refractivity contribution in [1.82, 2.24) is 9.97 Å². The van der Waals surface area contributed by atoms with Crippen LogP contribution >= 0.6 is 11.6 Å². The summed E-state index contributed by atoms with van der Waals surface area (Å²) in [4.78, 5) is 8.07. The van der Waals surface area contributed by atoms with Gasteiger partial charge in [0.1, 0.15) is 17.3 Å². The summed E-state index contributed by atoms with van der Waals surface area (Å²) in [6.45, 7) is 2.03. The average Bonchev–Trinajstić information content (AvgIpc) is 2.63. The highest BCUT2D eigenvalue weighted by Crippen LogP contribution is 2.23. The van der Waals surface area contributed by atoms with Crippen LogP contribution in [0, 0.1) is 0 Å². The van der Waals surface area contributed by atoms with Crippen LogP contribution < -0.4 is 5.32 Å². The first-order valence-electron chi connectivity index (χ1n) is 5.68. The van der Waals surface area contributed by atoms with Crippen LogP contribution in [-0.2, 0) is 16.3 Å². The van der Waals surface area contributed by atoms with Crippen molar-refractivity contribution in [3.05, 3.63) is 28.5 Å². The number of hydrogen-bond donors (Lipinski definition) is 1. The van der Waals surface area contributed by atoms with Crippen LogP contribution in [0.3, 0.4) is 0 Å². The maximum atomic E-state index is 11.3. The van der Waals surface area contributed by atoms with Gasteiger partial charge in [-0.05, 0) is 12.5 Å². The van der Waals surface area contributed by atoms with E-state index in [1.54, 1.807) is 6.08 Å². The lowest BCUT2D eigenvalue weighted by Gasteiger charge is -2.14. The fraction of sp³-hybridized carbons (Fsp3) is 0.455. The van der Waals surface area contributed by atoms with Crippen molar-refractivity contribution in [3.8, 4) is 0 Å². The second-order valence-corrected chi connectivity index (χ2v) is 6.44. The van der Waals surface area contributed by atoms with Crippen LogP contribution in [0.1, 0.15) is 18.9 Å². The topological polar surface area (TPSA) is 72.0 Å². The molecule has 0 radical (unpaired) electrons. The number of aromatic nitrogens is 2. The second-order valence-electron chi connectivity index (χ2n) is 4.15. The van der Waals surface area contributed by atoms with Crippen LogP contribution in [0.2, 0.25) is 5.15 Å². The van der Waals surface area contributed by atoms with Crippen molar-refractivity contribution < 1.29 is 8.42 Å². The molecular formula is C11H14ClN3O2S. The largest absolute Gasteiger partial charge is 0.362 e. The van der Waals surface area contributed by atoms with Crippen LogP contribution in [0.4, 0.5) is 5.82 Å². The SMILES string of the molecule is CCCc1c(Cl)ncnc1NC1C=CS(=O)(=O)C1. The van der Waals surface area contributed by atoms with Crippen molar-refractivity contribution in [3.63, 3.8) is 0 Å². The van der Waals surface area contributed by atoms with Crippen molar-refractivity contribution >= 4 is 27.3 Å². The number of nitrogens with one attached hydrogen (secondary N) is 1. The lowest BCUT2D eigenvalue weighted by molar-refractivity contribution is 0.605. The Morgan fingerprint density at radius 3 is 2.89 bits per heavy atom. The van der Waals surface area contributed by atoms with E-state index in [9.17, 15) is 8.42 Å². The lowest BCUT2D eigenvalue weighted by atomic mass is 10.2. The van der Waals surface area contributed by atoms with Crippen molar-refractivity contribution in [2.24, 2.45) is 0 Å². The second kappa shape index (κ2) is 5.24. The minimum absolute atomic E-state index is 0.0557. The van der Waals surface area contributed by atoms with Crippen molar-refractivity contribution in [1.29, 1.82) is 0 Å². The molecule has 5 nitrogen and oxygen atoms in total. The molecule has 0 amide bonds. The van der Waals surface area contributed by atoms with E-state index in [-0.39, 0.29) is 11.8 Å². The smallest absolute Gasteiger partial charge is 0.173 e. The van der Waals surface area contributed by atoms with Crippen LogP contribution in [0.25, 0.3) is 0 Å². The van der Waals surface area contributed by atoms with Gasteiger partial charge in [-0.1, -0.05) is 24.9 Å². The Balaban J connectivity index is 2.20. The van der Waals surface area contributed by atoms with Gasteiger partial charge in [0.2, 0.25) is 0 Å². The van der Waals surface area contributed by atoms with E-state index in [1.165, 1.54) is 11.7 Å². The molecule has 0 fully saturated rings. The Morgan fingerprint density at radius 1 is 1.50 bits per heavy atom. The summed E-state index contributed by atoms with van der Waals surface area (Å²) < 4.78 is 22.6. The molecule has 7 heteroatoms. The summed E-state index contributed by atoms with van der Waals surface area (Å²) in [5, 5.41) is 4.73. The molecule has 1 N–H and O–H groups in total. The number of rotatable bonds is 4. The molecule has 1 aromatic rings. The van der Waals surface area contributed by atoms with Gasteiger partial charge in [0, 0.05) is 11.0 Å². The summed E-state index contributed by atoms with van der Waals surface area (Å²) in [6, 6.07) is -0.253. The fourth-order valence-electron chi connectivity index (χ4n) is 1.83. The predicted molar refractivity (Wildman–Crippen MR) is 71.4 cm³/mol. The van der Waals surface area contributed by atoms with Crippen LogP contribution in [-0.4, -0.2) is 30.2 Å². The molecule has 98 valence electrons. The minimum atomic E-state index is -3.07. The van der Waals surface area contributed by atoms with Gasteiger partial charge < -0.3 is 5.32 Å². The third-order valence-electron chi connectivity index (χ3n) is 2.64. The Bertz CT molecular complexity index is 572. The fourth-order valence-corrected chi connectivity index (χ4v) is 3.29. The molecule has 2 rings (SSSR count). The highest BCUT2D eigenvalue weighted by atomic mass is 35.5. The first kappa shape index (κ1) is 13.3. The van der Waals surface area contributed by atoms with Crippen molar-refractivity contribution in [2.45, 2.75) is 25.8 Å². The minimum Gasteiger partial charge on any atom is -0.362 e. The Morgan fingerprint density at radius 2 is 2.28 bits per heavy atom. The van der Waals surface area contributed by atoms with Gasteiger partial charge in [0.25, 0.3) is 0 Å². The van der Waals surface area contributed by atoms with Gasteiger partial charge in [0.15, 0.2) is 9.84 Å². The molecule has 0 bridgehead atoms. The van der Waals surface area contributed by atoms with Crippen LogP contribution in [0.15, 0.2) is 17.8 Å². The summed E-state index contributed by atoms with van der Waals surface area (Å²) in [6.07, 6.45) is 4.67. The van der Waals surface area contributed by atoms with Gasteiger partial charge in [-0.25, -0.2) is 18.4 Å². The predicted octanol–water partition coefficient (Wildman–Crippen LogP) is 1.81. The molecule has 0 saturated heterocycles. The number of hydrogen-bond acceptors (Lipinski definition) is 5. The van der Waals surface area contributed by atoms with Gasteiger partial charge in [-0.15, -0.1) is 0 Å². The van der Waals surface area contributed by atoms with E-state index in [0.29, 0.717) is 11.0 Å². The Labute approximate surface area is 111 Å². The molecule has 0 spiro atoms. The third kappa shape index (κ3) is 3.00. The molecule has 18 heavy (non-hydrogen) atoms. The molecule has 0 aromatic carbocycles. The zero-order valence-electron chi connectivity index (χ0n) is 9.93. The van der Waals surface area contributed by atoms with Gasteiger partial charge in [-0.3, -0.25) is 0 Å². The monoisotopic (exact) mass is 287 g/mol. The Hall–Kier alpha value is -1.14. The van der Waals surface area contributed by atoms with E-state index in [0.717, 1.165) is 18.4 Å². The highest BCUT2D eigenvalue weighted by Gasteiger charge is 2.23. The van der Waals surface area contributed by atoms with Crippen molar-refractivity contribution in [2.75, 3.05) is 11.1 Å². The maximum Gasteiger partial charge on any atom is 0.173 e. The standard InChI is InChI=1S/C11H14ClN3O2S/c1-2-3-9-10(12)13-7-14-11(9)15-8-4-5-18(16,17)6-8/h4-5,7-8H,2-3,6H2,1H3,(H,13,14,15). The maximum absolute atomic E-state index is 11.3. The molecule has 0 saturated carbocycles. The molecule has 1 unspecified atom stereocenters. The molecule has 2 heterocycles. The van der Waals surface area contributed by atoms with Gasteiger partial charge in [0.05, 0.1) is 11.8 Å². The highest BCUT2D eigenvalue weighted by molar-refractivity contribution is 7.94. The average molecular weight is 288 g/mol. The number of anilines is 1. The van der Waals surface area contributed by atoms with E-state index in [4.69, 9.17) is 11.6 Å². The third-order valence-corrected chi connectivity index (χ3v) is 4.37. The molecule has 0 aliphatic carbocycles. The number of sulfone groups is 1. The lowest BCUT2D eigenvalue weighted by Crippen LogP contribution is -2.22. The summed E-state index contributed by atoms with van der Waals surface area (Å²) >= 11 is 6.02. The number of halogens is 1. The summed E-state index contributed by atoms with van der Waals surface area (Å²) in [5.41, 5.74) is 0.833. The molecule has 1 aromatic heterocycles. The van der Waals surface area contributed by atoms with Crippen LogP contribution in [0.5, 0.6) is 0 Å². The quantitative estimate of drug-likeness (QED) is 0.855. The van der Waals surface area contributed by atoms with Gasteiger partial charge in [-0.2, -0.15) is 0 Å². The zero-order valence-corrected chi connectivity index (χ0v) is 11.5. The Kier molecular flexibility index (Phi) is 3.87. The van der Waals surface area contributed by atoms with E-state index < -0.39 is 9.84 Å². The molecule has 1 atom stereocenters. The first-order valence-corrected chi connectivity index (χ1v) is 7.78. The normalized spacial score (nSPS) is 21.1. The summed E-state index contributed by atoms with van der Waals surface area (Å²) in [7, 11) is -3.07. The summed E-state index contributed by atoms with van der Waals surface area (Å²) in [5.74, 6) is 0.670. The molecular weight excluding hydrogens is 274 g/mol. The van der Waals surface area contributed by atoms with E-state index >= 15 is 0 Å². The first-order chi connectivity index (χ1) is 8.52. The van der Waals surface area contributed by atoms with Gasteiger partial charge >= 0.3 is 0 Å². The van der Waals surface area contributed by atoms with E-state index in [2.05, 4.69) is 15.3 Å².